The highest BCUT2D eigenvalue weighted by atomic mass is 16.5. The standard InChI is InChI=1S/C17H33N3O/c1-2-9-20(10-3-1)16-6-11-19(12-7-16)13-8-18-15-17-5-4-14-21-17/h16-18H,1-15H2. The van der Waals surface area contributed by atoms with E-state index in [0.29, 0.717) is 6.10 Å². The Hall–Kier alpha value is -0.160. The Bertz CT molecular complexity index is 280. The average Bonchev–Trinajstić information content (AvgIpc) is 3.06. The van der Waals surface area contributed by atoms with Gasteiger partial charge in [-0.05, 0) is 64.7 Å². The van der Waals surface area contributed by atoms with Crippen LogP contribution in [0.4, 0.5) is 0 Å². The molecule has 4 nitrogen and oxygen atoms in total. The van der Waals surface area contributed by atoms with Crippen molar-refractivity contribution in [2.24, 2.45) is 0 Å². The van der Waals surface area contributed by atoms with Crippen molar-refractivity contribution in [2.75, 3.05) is 52.4 Å². The molecule has 3 saturated heterocycles. The third-order valence-corrected chi connectivity index (χ3v) is 5.46. The van der Waals surface area contributed by atoms with Crippen molar-refractivity contribution >= 4 is 0 Å². The molecular formula is C17H33N3O. The summed E-state index contributed by atoms with van der Waals surface area (Å²) in [5.74, 6) is 0. The highest BCUT2D eigenvalue weighted by molar-refractivity contribution is 4.81. The van der Waals surface area contributed by atoms with E-state index in [1.807, 2.05) is 0 Å². The normalized spacial score (nSPS) is 30.0. The first-order chi connectivity index (χ1) is 10.4. The second-order valence-corrected chi connectivity index (χ2v) is 7.01. The van der Waals surface area contributed by atoms with Gasteiger partial charge in [0.25, 0.3) is 0 Å². The largest absolute Gasteiger partial charge is 0.377 e. The van der Waals surface area contributed by atoms with Crippen LogP contribution in [0, 0.1) is 0 Å². The monoisotopic (exact) mass is 295 g/mol. The molecule has 0 saturated carbocycles. The third kappa shape index (κ3) is 4.92. The minimum Gasteiger partial charge on any atom is -0.377 e. The minimum atomic E-state index is 0.481. The lowest BCUT2D eigenvalue weighted by Gasteiger charge is -2.40. The van der Waals surface area contributed by atoms with Crippen LogP contribution in [0.25, 0.3) is 0 Å². The molecule has 3 heterocycles. The first-order valence-electron chi connectivity index (χ1n) is 9.20. The van der Waals surface area contributed by atoms with Crippen molar-refractivity contribution < 1.29 is 4.74 Å². The molecule has 0 spiro atoms. The second-order valence-electron chi connectivity index (χ2n) is 7.01. The van der Waals surface area contributed by atoms with Crippen LogP contribution >= 0.6 is 0 Å². The molecule has 0 bridgehead atoms. The summed E-state index contributed by atoms with van der Waals surface area (Å²) in [6, 6.07) is 0.876. The number of hydrogen-bond donors (Lipinski definition) is 1. The fourth-order valence-corrected chi connectivity index (χ4v) is 4.10. The Kier molecular flexibility index (Phi) is 6.34. The Morgan fingerprint density at radius 3 is 2.43 bits per heavy atom. The summed E-state index contributed by atoms with van der Waals surface area (Å²) >= 11 is 0. The van der Waals surface area contributed by atoms with Crippen LogP contribution in [-0.4, -0.2) is 74.4 Å². The van der Waals surface area contributed by atoms with Gasteiger partial charge in [-0.1, -0.05) is 6.42 Å². The topological polar surface area (TPSA) is 27.7 Å². The van der Waals surface area contributed by atoms with Crippen molar-refractivity contribution in [1.82, 2.24) is 15.1 Å². The Morgan fingerprint density at radius 1 is 0.905 bits per heavy atom. The minimum absolute atomic E-state index is 0.481. The van der Waals surface area contributed by atoms with Crippen molar-refractivity contribution in [3.63, 3.8) is 0 Å². The fraction of sp³-hybridized carbons (Fsp3) is 1.00. The molecule has 0 aromatic heterocycles. The van der Waals surface area contributed by atoms with E-state index in [9.17, 15) is 0 Å². The summed E-state index contributed by atoms with van der Waals surface area (Å²) in [5, 5.41) is 3.57. The first kappa shape index (κ1) is 15.7. The summed E-state index contributed by atoms with van der Waals surface area (Å²) in [6.07, 6.45) is 10.0. The lowest BCUT2D eigenvalue weighted by atomic mass is 10.00. The summed E-state index contributed by atoms with van der Waals surface area (Å²) in [6.45, 7) is 9.64. The number of hydrogen-bond acceptors (Lipinski definition) is 4. The van der Waals surface area contributed by atoms with Crippen LogP contribution in [0.1, 0.15) is 44.9 Å². The Morgan fingerprint density at radius 2 is 1.71 bits per heavy atom. The Balaban J connectivity index is 1.25. The maximum Gasteiger partial charge on any atom is 0.0700 e. The molecule has 1 atom stereocenters. The number of ether oxygens (including phenoxy) is 1. The predicted molar refractivity (Wildman–Crippen MR) is 86.7 cm³/mol. The van der Waals surface area contributed by atoms with Crippen molar-refractivity contribution in [3.05, 3.63) is 0 Å². The van der Waals surface area contributed by atoms with Gasteiger partial charge in [-0.25, -0.2) is 0 Å². The molecule has 1 N–H and O–H groups in total. The molecule has 1 unspecified atom stereocenters. The van der Waals surface area contributed by atoms with E-state index >= 15 is 0 Å². The molecule has 3 fully saturated rings. The van der Waals surface area contributed by atoms with Gasteiger partial charge >= 0.3 is 0 Å². The number of rotatable bonds is 6. The van der Waals surface area contributed by atoms with Gasteiger partial charge < -0.3 is 19.9 Å². The van der Waals surface area contributed by atoms with E-state index in [-0.39, 0.29) is 0 Å². The van der Waals surface area contributed by atoms with Gasteiger partial charge in [-0.3, -0.25) is 0 Å². The quantitative estimate of drug-likeness (QED) is 0.755. The van der Waals surface area contributed by atoms with Gasteiger partial charge in [-0.2, -0.15) is 0 Å². The van der Waals surface area contributed by atoms with Crippen LogP contribution in [0.15, 0.2) is 0 Å². The zero-order chi connectivity index (χ0) is 14.3. The number of nitrogens with zero attached hydrogens (tertiary/aromatic N) is 2. The van der Waals surface area contributed by atoms with E-state index in [1.165, 1.54) is 77.7 Å². The van der Waals surface area contributed by atoms with E-state index in [1.54, 1.807) is 0 Å². The lowest BCUT2D eigenvalue weighted by Crippen LogP contribution is -2.48. The smallest absolute Gasteiger partial charge is 0.0700 e. The van der Waals surface area contributed by atoms with Crippen molar-refractivity contribution in [3.8, 4) is 0 Å². The number of piperidine rings is 2. The molecule has 0 aromatic rings. The van der Waals surface area contributed by atoms with E-state index < -0.39 is 0 Å². The average molecular weight is 295 g/mol. The molecule has 3 aliphatic heterocycles. The van der Waals surface area contributed by atoms with Gasteiger partial charge in [0.2, 0.25) is 0 Å². The zero-order valence-electron chi connectivity index (χ0n) is 13.6. The molecule has 0 amide bonds. The third-order valence-electron chi connectivity index (χ3n) is 5.46. The van der Waals surface area contributed by atoms with E-state index in [0.717, 1.165) is 25.7 Å². The van der Waals surface area contributed by atoms with Crippen LogP contribution in [0.2, 0.25) is 0 Å². The SMILES string of the molecule is C1CCN(C2CCN(CCNCC3CCCO3)CC2)CC1. The number of likely N-dealkylation sites (tertiary alicyclic amines) is 2. The van der Waals surface area contributed by atoms with E-state index in [4.69, 9.17) is 4.74 Å². The van der Waals surface area contributed by atoms with Crippen LogP contribution < -0.4 is 5.32 Å². The molecular weight excluding hydrogens is 262 g/mol. The fourth-order valence-electron chi connectivity index (χ4n) is 4.10. The molecule has 3 rings (SSSR count). The second kappa shape index (κ2) is 8.47. The molecule has 0 radical (unpaired) electrons. The van der Waals surface area contributed by atoms with Crippen LogP contribution in [-0.2, 0) is 4.74 Å². The summed E-state index contributed by atoms with van der Waals surface area (Å²) < 4.78 is 5.64. The first-order valence-corrected chi connectivity index (χ1v) is 9.20. The van der Waals surface area contributed by atoms with Gasteiger partial charge in [0, 0.05) is 32.3 Å². The predicted octanol–water partition coefficient (Wildman–Crippen LogP) is 1.71. The zero-order valence-corrected chi connectivity index (χ0v) is 13.6. The summed E-state index contributed by atoms with van der Waals surface area (Å²) in [7, 11) is 0. The van der Waals surface area contributed by atoms with Crippen molar-refractivity contribution in [1.29, 1.82) is 0 Å². The lowest BCUT2D eigenvalue weighted by molar-refractivity contribution is 0.0902. The van der Waals surface area contributed by atoms with Gasteiger partial charge in [0.15, 0.2) is 0 Å². The van der Waals surface area contributed by atoms with Gasteiger partial charge in [0.05, 0.1) is 6.10 Å². The molecule has 0 aromatic carbocycles. The van der Waals surface area contributed by atoms with Gasteiger partial charge in [0.1, 0.15) is 0 Å². The van der Waals surface area contributed by atoms with Crippen LogP contribution in [0.3, 0.4) is 0 Å². The molecule has 21 heavy (non-hydrogen) atoms. The number of nitrogens with one attached hydrogen (secondary N) is 1. The van der Waals surface area contributed by atoms with Crippen molar-refractivity contribution in [2.45, 2.75) is 57.1 Å². The molecule has 0 aliphatic carbocycles. The summed E-state index contributed by atoms with van der Waals surface area (Å²) in [5.41, 5.74) is 0. The molecule has 4 heteroatoms. The Labute approximate surface area is 130 Å². The van der Waals surface area contributed by atoms with E-state index in [2.05, 4.69) is 15.1 Å². The van der Waals surface area contributed by atoms with Crippen LogP contribution in [0.5, 0.6) is 0 Å². The highest BCUT2D eigenvalue weighted by Crippen LogP contribution is 2.20. The molecule has 122 valence electrons. The maximum atomic E-state index is 5.64. The summed E-state index contributed by atoms with van der Waals surface area (Å²) in [4.78, 5) is 5.40. The maximum absolute atomic E-state index is 5.64. The van der Waals surface area contributed by atoms with Gasteiger partial charge in [-0.15, -0.1) is 0 Å². The molecule has 3 aliphatic rings. The highest BCUT2D eigenvalue weighted by Gasteiger charge is 2.25.